The van der Waals surface area contributed by atoms with Crippen molar-refractivity contribution in [2.24, 2.45) is 5.92 Å². The predicted octanol–water partition coefficient (Wildman–Crippen LogP) is 3.02. The lowest BCUT2D eigenvalue weighted by Gasteiger charge is -2.13. The van der Waals surface area contributed by atoms with E-state index >= 15 is 0 Å². The molecule has 0 saturated heterocycles. The highest BCUT2D eigenvalue weighted by Crippen LogP contribution is 2.28. The highest BCUT2D eigenvalue weighted by molar-refractivity contribution is 5.15. The molecule has 0 heterocycles. The lowest BCUT2D eigenvalue weighted by Crippen LogP contribution is -2.29. The van der Waals surface area contributed by atoms with Crippen molar-refractivity contribution in [3.05, 3.63) is 35.9 Å². The molecule has 0 spiro atoms. The van der Waals surface area contributed by atoms with Crippen LogP contribution in [-0.4, -0.2) is 25.8 Å². The minimum atomic E-state index is 0.538. The Morgan fingerprint density at radius 1 is 1.28 bits per heavy atom. The number of rotatable bonds is 9. The van der Waals surface area contributed by atoms with Crippen LogP contribution in [0, 0.1) is 5.92 Å². The zero-order chi connectivity index (χ0) is 12.6. The van der Waals surface area contributed by atoms with E-state index in [0.29, 0.717) is 6.04 Å². The van der Waals surface area contributed by atoms with E-state index in [9.17, 15) is 0 Å². The summed E-state index contributed by atoms with van der Waals surface area (Å²) in [7, 11) is 0. The van der Waals surface area contributed by atoms with Gasteiger partial charge in [-0.15, -0.1) is 0 Å². The van der Waals surface area contributed by atoms with E-state index < -0.39 is 0 Å². The molecule has 1 fully saturated rings. The fourth-order valence-corrected chi connectivity index (χ4v) is 2.10. The van der Waals surface area contributed by atoms with Crippen molar-refractivity contribution in [2.75, 3.05) is 19.8 Å². The second kappa shape index (κ2) is 7.55. The van der Waals surface area contributed by atoms with Gasteiger partial charge in [-0.25, -0.2) is 0 Å². The maximum atomic E-state index is 5.62. The standard InChI is InChI=1S/C16H25NO/c1-14(12-15-6-3-2-4-7-15)17-10-5-11-18-13-16-8-9-16/h2-4,6-7,14,16-17H,5,8-13H2,1H3. The molecule has 0 aliphatic heterocycles. The van der Waals surface area contributed by atoms with Gasteiger partial charge in [0.25, 0.3) is 0 Å². The maximum absolute atomic E-state index is 5.62. The lowest BCUT2D eigenvalue weighted by molar-refractivity contribution is 0.121. The molecule has 0 aromatic heterocycles. The fourth-order valence-electron chi connectivity index (χ4n) is 2.10. The minimum Gasteiger partial charge on any atom is -0.381 e. The Hall–Kier alpha value is -0.860. The van der Waals surface area contributed by atoms with Gasteiger partial charge in [0.15, 0.2) is 0 Å². The van der Waals surface area contributed by atoms with Crippen molar-refractivity contribution >= 4 is 0 Å². The molecule has 18 heavy (non-hydrogen) atoms. The van der Waals surface area contributed by atoms with Crippen molar-refractivity contribution in [2.45, 2.75) is 38.6 Å². The van der Waals surface area contributed by atoms with Gasteiger partial charge < -0.3 is 10.1 Å². The monoisotopic (exact) mass is 247 g/mol. The Labute approximate surface area is 111 Å². The number of ether oxygens (including phenoxy) is 1. The van der Waals surface area contributed by atoms with Crippen LogP contribution in [0.1, 0.15) is 31.7 Å². The molecule has 1 aliphatic rings. The summed E-state index contributed by atoms with van der Waals surface area (Å²) in [5.41, 5.74) is 1.41. The third-order valence-corrected chi connectivity index (χ3v) is 3.39. The largest absolute Gasteiger partial charge is 0.381 e. The van der Waals surface area contributed by atoms with Gasteiger partial charge in [-0.2, -0.15) is 0 Å². The number of hydrogen-bond acceptors (Lipinski definition) is 2. The first kappa shape index (κ1) is 13.6. The number of nitrogens with one attached hydrogen (secondary N) is 1. The highest BCUT2D eigenvalue weighted by Gasteiger charge is 2.20. The van der Waals surface area contributed by atoms with Gasteiger partial charge in [-0.1, -0.05) is 30.3 Å². The molecule has 0 amide bonds. The molecule has 0 bridgehead atoms. The van der Waals surface area contributed by atoms with Gasteiger partial charge >= 0.3 is 0 Å². The Morgan fingerprint density at radius 2 is 2.06 bits per heavy atom. The SMILES string of the molecule is CC(Cc1ccccc1)NCCCOCC1CC1. The average Bonchev–Trinajstić information content (AvgIpc) is 3.19. The summed E-state index contributed by atoms with van der Waals surface area (Å²) in [5.74, 6) is 0.884. The molecule has 1 atom stereocenters. The van der Waals surface area contributed by atoms with E-state index in [1.165, 1.54) is 18.4 Å². The van der Waals surface area contributed by atoms with Crippen molar-refractivity contribution in [3.8, 4) is 0 Å². The molecule has 1 N–H and O–H groups in total. The van der Waals surface area contributed by atoms with E-state index in [1.54, 1.807) is 0 Å². The van der Waals surface area contributed by atoms with Crippen LogP contribution in [0.25, 0.3) is 0 Å². The van der Waals surface area contributed by atoms with Crippen LogP contribution in [0.15, 0.2) is 30.3 Å². The van der Waals surface area contributed by atoms with Crippen LogP contribution in [0.4, 0.5) is 0 Å². The number of benzene rings is 1. The zero-order valence-corrected chi connectivity index (χ0v) is 11.4. The van der Waals surface area contributed by atoms with Gasteiger partial charge in [0, 0.05) is 19.3 Å². The molecule has 1 aliphatic carbocycles. The van der Waals surface area contributed by atoms with Crippen LogP contribution in [0.3, 0.4) is 0 Å². The van der Waals surface area contributed by atoms with Crippen LogP contribution >= 0.6 is 0 Å². The molecule has 1 aromatic carbocycles. The highest BCUT2D eigenvalue weighted by atomic mass is 16.5. The van der Waals surface area contributed by atoms with Gasteiger partial charge in [-0.3, -0.25) is 0 Å². The third kappa shape index (κ3) is 5.65. The molecule has 1 aromatic rings. The Bertz CT molecular complexity index is 321. The maximum Gasteiger partial charge on any atom is 0.0494 e. The van der Waals surface area contributed by atoms with E-state index in [1.807, 2.05) is 0 Å². The van der Waals surface area contributed by atoms with Crippen molar-refractivity contribution in [3.63, 3.8) is 0 Å². The Kier molecular flexibility index (Phi) is 5.69. The van der Waals surface area contributed by atoms with Gasteiger partial charge in [0.05, 0.1) is 0 Å². The minimum absolute atomic E-state index is 0.538. The summed E-state index contributed by atoms with van der Waals surface area (Å²) in [6, 6.07) is 11.2. The topological polar surface area (TPSA) is 21.3 Å². The van der Waals surface area contributed by atoms with E-state index in [0.717, 1.165) is 38.5 Å². The molecule has 0 radical (unpaired) electrons. The molecule has 2 heteroatoms. The molecular formula is C16H25NO. The van der Waals surface area contributed by atoms with Crippen LogP contribution in [0.2, 0.25) is 0 Å². The van der Waals surface area contributed by atoms with Gasteiger partial charge in [-0.05, 0) is 50.6 Å². The first-order valence-electron chi connectivity index (χ1n) is 7.19. The summed E-state index contributed by atoms with van der Waals surface area (Å²) < 4.78 is 5.62. The van der Waals surface area contributed by atoms with Crippen molar-refractivity contribution in [1.82, 2.24) is 5.32 Å². The molecular weight excluding hydrogens is 222 g/mol. The third-order valence-electron chi connectivity index (χ3n) is 3.39. The predicted molar refractivity (Wildman–Crippen MR) is 75.8 cm³/mol. The second-order valence-corrected chi connectivity index (χ2v) is 5.42. The lowest BCUT2D eigenvalue weighted by atomic mass is 10.1. The fraction of sp³-hybridized carbons (Fsp3) is 0.625. The molecule has 2 rings (SSSR count). The smallest absolute Gasteiger partial charge is 0.0494 e. The summed E-state index contributed by atoms with van der Waals surface area (Å²) >= 11 is 0. The summed E-state index contributed by atoms with van der Waals surface area (Å²) in [6.45, 7) is 5.19. The van der Waals surface area contributed by atoms with Crippen LogP contribution in [-0.2, 0) is 11.2 Å². The first-order chi connectivity index (χ1) is 8.84. The molecule has 100 valence electrons. The average molecular weight is 247 g/mol. The Balaban J connectivity index is 1.47. The zero-order valence-electron chi connectivity index (χ0n) is 11.4. The molecule has 2 nitrogen and oxygen atoms in total. The normalized spacial score (nSPS) is 16.7. The quantitative estimate of drug-likeness (QED) is 0.677. The van der Waals surface area contributed by atoms with Crippen LogP contribution in [0.5, 0.6) is 0 Å². The van der Waals surface area contributed by atoms with E-state index in [4.69, 9.17) is 4.74 Å². The van der Waals surface area contributed by atoms with Crippen molar-refractivity contribution in [1.29, 1.82) is 0 Å². The Morgan fingerprint density at radius 3 is 2.78 bits per heavy atom. The molecule has 1 saturated carbocycles. The summed E-state index contributed by atoms with van der Waals surface area (Å²) in [5, 5.41) is 3.55. The second-order valence-electron chi connectivity index (χ2n) is 5.42. The van der Waals surface area contributed by atoms with Crippen LogP contribution < -0.4 is 5.32 Å². The van der Waals surface area contributed by atoms with Gasteiger partial charge in [0.1, 0.15) is 0 Å². The molecule has 1 unspecified atom stereocenters. The van der Waals surface area contributed by atoms with E-state index in [-0.39, 0.29) is 0 Å². The van der Waals surface area contributed by atoms with Crippen molar-refractivity contribution < 1.29 is 4.74 Å². The summed E-state index contributed by atoms with van der Waals surface area (Å²) in [6.07, 6.45) is 4.98. The van der Waals surface area contributed by atoms with Gasteiger partial charge in [0.2, 0.25) is 0 Å². The first-order valence-corrected chi connectivity index (χ1v) is 7.19. The van der Waals surface area contributed by atoms with E-state index in [2.05, 4.69) is 42.6 Å². The number of hydrogen-bond donors (Lipinski definition) is 1. The summed E-state index contributed by atoms with van der Waals surface area (Å²) in [4.78, 5) is 0.